The van der Waals surface area contributed by atoms with Crippen LogP contribution in [-0.2, 0) is 4.79 Å². The fourth-order valence-electron chi connectivity index (χ4n) is 0.507. The molecule has 0 heterocycles. The van der Waals surface area contributed by atoms with Crippen LogP contribution in [0.3, 0.4) is 0 Å². The molecule has 0 saturated heterocycles. The molecule has 11 heavy (non-hydrogen) atoms. The van der Waals surface area contributed by atoms with E-state index in [1.165, 1.54) is 0 Å². The lowest BCUT2D eigenvalue weighted by atomic mass is 10.4. The fourth-order valence-corrected chi connectivity index (χ4v) is 0.877. The van der Waals surface area contributed by atoms with Gasteiger partial charge in [-0.15, -0.1) is 0 Å². The van der Waals surface area contributed by atoms with E-state index in [9.17, 15) is 4.79 Å². The maximum Gasteiger partial charge on any atom is 0.230 e. The molecule has 0 unspecified atom stereocenters. The number of carbonyl (C=O) groups is 1. The SMILES string of the molecule is CC(C)NC(=O)CSC(=N)N. The molecule has 0 rings (SSSR count). The molecular weight excluding hydrogens is 162 g/mol. The van der Waals surface area contributed by atoms with E-state index in [1.54, 1.807) is 0 Å². The topological polar surface area (TPSA) is 79.0 Å². The number of carbonyl (C=O) groups excluding carboxylic acids is 1. The summed E-state index contributed by atoms with van der Waals surface area (Å²) < 4.78 is 0. The first-order valence-corrected chi connectivity index (χ1v) is 4.27. The third-order valence-corrected chi connectivity index (χ3v) is 1.53. The molecule has 0 aliphatic heterocycles. The zero-order valence-corrected chi connectivity index (χ0v) is 7.49. The molecule has 1 amide bonds. The van der Waals surface area contributed by atoms with E-state index < -0.39 is 0 Å². The van der Waals surface area contributed by atoms with Gasteiger partial charge < -0.3 is 11.1 Å². The smallest absolute Gasteiger partial charge is 0.230 e. The summed E-state index contributed by atoms with van der Waals surface area (Å²) in [7, 11) is 0. The van der Waals surface area contributed by atoms with Crippen molar-refractivity contribution in [3.05, 3.63) is 0 Å². The highest BCUT2D eigenvalue weighted by Gasteiger charge is 2.03. The second-order valence-corrected chi connectivity index (χ2v) is 3.39. The third kappa shape index (κ3) is 7.18. The Hall–Kier alpha value is -0.710. The number of amidine groups is 1. The maximum absolute atomic E-state index is 10.9. The van der Waals surface area contributed by atoms with Gasteiger partial charge in [-0.3, -0.25) is 10.2 Å². The van der Waals surface area contributed by atoms with Gasteiger partial charge in [-0.2, -0.15) is 0 Å². The Kier molecular flexibility index (Phi) is 4.69. The highest BCUT2D eigenvalue weighted by molar-refractivity contribution is 8.14. The molecule has 4 nitrogen and oxygen atoms in total. The van der Waals surface area contributed by atoms with Crippen molar-refractivity contribution in [1.82, 2.24) is 5.32 Å². The lowest BCUT2D eigenvalue weighted by molar-refractivity contribution is -0.119. The van der Waals surface area contributed by atoms with Gasteiger partial charge in [-0.25, -0.2) is 0 Å². The molecule has 0 saturated carbocycles. The van der Waals surface area contributed by atoms with E-state index in [2.05, 4.69) is 5.32 Å². The van der Waals surface area contributed by atoms with Crippen LogP contribution in [-0.4, -0.2) is 22.9 Å². The molecule has 0 spiro atoms. The summed E-state index contributed by atoms with van der Waals surface area (Å²) in [6.07, 6.45) is 0. The summed E-state index contributed by atoms with van der Waals surface area (Å²) in [4.78, 5) is 10.9. The summed E-state index contributed by atoms with van der Waals surface area (Å²) in [6, 6.07) is 0.148. The van der Waals surface area contributed by atoms with Gasteiger partial charge in [0.15, 0.2) is 5.17 Å². The van der Waals surface area contributed by atoms with Gasteiger partial charge in [0, 0.05) is 6.04 Å². The minimum atomic E-state index is -0.0831. The van der Waals surface area contributed by atoms with Crippen LogP contribution >= 0.6 is 11.8 Å². The van der Waals surface area contributed by atoms with Crippen LogP contribution in [0.2, 0.25) is 0 Å². The number of hydrogen-bond donors (Lipinski definition) is 3. The first kappa shape index (κ1) is 10.3. The molecule has 0 fully saturated rings. The molecule has 0 atom stereocenters. The van der Waals surface area contributed by atoms with Crippen LogP contribution in [0.15, 0.2) is 0 Å². The van der Waals surface area contributed by atoms with Gasteiger partial charge >= 0.3 is 0 Å². The van der Waals surface area contributed by atoms with E-state index in [0.717, 1.165) is 11.8 Å². The highest BCUT2D eigenvalue weighted by Crippen LogP contribution is 1.96. The zero-order valence-electron chi connectivity index (χ0n) is 6.68. The first-order valence-electron chi connectivity index (χ1n) is 3.28. The number of rotatable bonds is 3. The Morgan fingerprint density at radius 2 is 2.27 bits per heavy atom. The van der Waals surface area contributed by atoms with Crippen molar-refractivity contribution >= 4 is 22.8 Å². The number of thioether (sulfide) groups is 1. The first-order chi connectivity index (χ1) is 5.02. The normalized spacial score (nSPS) is 9.73. The highest BCUT2D eigenvalue weighted by atomic mass is 32.2. The second kappa shape index (κ2) is 5.01. The Morgan fingerprint density at radius 1 is 1.73 bits per heavy atom. The molecule has 0 aliphatic carbocycles. The minimum absolute atomic E-state index is 0.0242. The maximum atomic E-state index is 10.9. The Balaban J connectivity index is 3.45. The standard InChI is InChI=1S/C6H13N3OS/c1-4(2)9-5(10)3-11-6(7)8/h4H,3H2,1-2H3,(H3,7,8)(H,9,10). The predicted molar refractivity (Wildman–Crippen MR) is 47.7 cm³/mol. The fraction of sp³-hybridized carbons (Fsp3) is 0.667. The monoisotopic (exact) mass is 175 g/mol. The van der Waals surface area contributed by atoms with Gasteiger partial charge in [-0.1, -0.05) is 11.8 Å². The average Bonchev–Trinajstić information content (AvgIpc) is 1.82. The largest absolute Gasteiger partial charge is 0.379 e. The molecule has 64 valence electrons. The predicted octanol–water partition coefficient (Wildman–Crippen LogP) is 0.138. The molecule has 0 radical (unpaired) electrons. The van der Waals surface area contributed by atoms with Gasteiger partial charge in [-0.05, 0) is 13.8 Å². The van der Waals surface area contributed by atoms with Gasteiger partial charge in [0.25, 0.3) is 0 Å². The molecule has 0 aromatic carbocycles. The van der Waals surface area contributed by atoms with Crippen molar-refractivity contribution in [3.63, 3.8) is 0 Å². The van der Waals surface area contributed by atoms with Crippen molar-refractivity contribution in [2.45, 2.75) is 19.9 Å². The quantitative estimate of drug-likeness (QED) is 0.421. The van der Waals surface area contributed by atoms with E-state index >= 15 is 0 Å². The second-order valence-electron chi connectivity index (χ2n) is 2.38. The molecule has 0 bridgehead atoms. The number of nitrogens with one attached hydrogen (secondary N) is 2. The van der Waals surface area contributed by atoms with Crippen molar-refractivity contribution in [2.75, 3.05) is 5.75 Å². The van der Waals surface area contributed by atoms with Crippen LogP contribution in [0.1, 0.15) is 13.8 Å². The van der Waals surface area contributed by atoms with Crippen molar-refractivity contribution < 1.29 is 4.79 Å². The summed E-state index contributed by atoms with van der Waals surface area (Å²) in [5.74, 6) is 0.147. The number of hydrogen-bond acceptors (Lipinski definition) is 3. The molecule has 5 heteroatoms. The number of nitrogens with two attached hydrogens (primary N) is 1. The van der Waals surface area contributed by atoms with Crippen LogP contribution in [0.25, 0.3) is 0 Å². The van der Waals surface area contributed by atoms with Gasteiger partial charge in [0.05, 0.1) is 5.75 Å². The molecular formula is C6H13N3OS. The van der Waals surface area contributed by atoms with Crippen molar-refractivity contribution in [1.29, 1.82) is 5.41 Å². The minimum Gasteiger partial charge on any atom is -0.379 e. The van der Waals surface area contributed by atoms with E-state index in [0.29, 0.717) is 0 Å². The average molecular weight is 175 g/mol. The van der Waals surface area contributed by atoms with Crippen LogP contribution in [0.4, 0.5) is 0 Å². The summed E-state index contributed by atoms with van der Waals surface area (Å²) >= 11 is 1.03. The Morgan fingerprint density at radius 3 is 2.64 bits per heavy atom. The van der Waals surface area contributed by atoms with E-state index in [4.69, 9.17) is 11.1 Å². The third-order valence-electron chi connectivity index (χ3n) is 0.808. The molecule has 0 aliphatic rings. The summed E-state index contributed by atoms with van der Waals surface area (Å²) in [6.45, 7) is 3.77. The van der Waals surface area contributed by atoms with Crippen molar-refractivity contribution in [3.8, 4) is 0 Å². The summed E-state index contributed by atoms with van der Waals surface area (Å²) in [5, 5.41) is 9.49. The van der Waals surface area contributed by atoms with Gasteiger partial charge in [0.2, 0.25) is 5.91 Å². The van der Waals surface area contributed by atoms with Crippen LogP contribution in [0.5, 0.6) is 0 Å². The zero-order chi connectivity index (χ0) is 8.85. The van der Waals surface area contributed by atoms with Gasteiger partial charge in [0.1, 0.15) is 0 Å². The van der Waals surface area contributed by atoms with Crippen molar-refractivity contribution in [2.24, 2.45) is 5.73 Å². The van der Waals surface area contributed by atoms with E-state index in [1.807, 2.05) is 13.8 Å². The van der Waals surface area contributed by atoms with Crippen LogP contribution in [0, 0.1) is 5.41 Å². The van der Waals surface area contributed by atoms with E-state index in [-0.39, 0.29) is 22.9 Å². The molecule has 4 N–H and O–H groups in total. The lowest BCUT2D eigenvalue weighted by Gasteiger charge is -2.06. The molecule has 0 aromatic heterocycles. The molecule has 0 aromatic rings. The summed E-state index contributed by atoms with van der Waals surface area (Å²) in [5.41, 5.74) is 5.04. The Bertz CT molecular complexity index is 158. The number of amides is 1. The lowest BCUT2D eigenvalue weighted by Crippen LogP contribution is -2.32. The Labute approximate surface area is 70.4 Å². The van der Waals surface area contributed by atoms with Crippen LogP contribution < -0.4 is 11.1 Å².